The van der Waals surface area contributed by atoms with Gasteiger partial charge in [-0.05, 0) is 52.5 Å². The lowest BCUT2D eigenvalue weighted by atomic mass is 10.0. The molecule has 9 heteroatoms. The predicted octanol–water partition coefficient (Wildman–Crippen LogP) is 3.95. The molecule has 3 N–H and O–H groups in total. The second kappa shape index (κ2) is 10.7. The highest BCUT2D eigenvalue weighted by molar-refractivity contribution is 6.11. The van der Waals surface area contributed by atoms with E-state index < -0.39 is 11.6 Å². The maximum absolute atomic E-state index is 12.9. The van der Waals surface area contributed by atoms with Crippen molar-refractivity contribution < 1.29 is 24.2 Å². The minimum Gasteiger partial charge on any atom is -0.464 e. The lowest BCUT2D eigenvalue weighted by Gasteiger charge is -2.23. The molecule has 1 amide bonds. The summed E-state index contributed by atoms with van der Waals surface area (Å²) < 4.78 is 12.7. The summed E-state index contributed by atoms with van der Waals surface area (Å²) in [6.07, 6.45) is 4.74. The number of nitrogens with one attached hydrogen (secondary N) is 2. The lowest BCUT2D eigenvalue weighted by molar-refractivity contribution is -0.119. The Bertz CT molecular complexity index is 1020. The molecule has 0 spiro atoms. The van der Waals surface area contributed by atoms with Crippen LogP contribution >= 0.6 is 0 Å². The number of carbonyl (C=O) groups excluding carboxylic acids is 2. The van der Waals surface area contributed by atoms with Crippen LogP contribution in [0.15, 0.2) is 12.3 Å². The molecule has 3 heterocycles. The van der Waals surface area contributed by atoms with Crippen LogP contribution < -0.4 is 10.6 Å². The van der Waals surface area contributed by atoms with Crippen molar-refractivity contribution in [2.75, 3.05) is 24.4 Å². The van der Waals surface area contributed by atoms with Gasteiger partial charge < -0.3 is 29.8 Å². The van der Waals surface area contributed by atoms with E-state index >= 15 is 0 Å². The fourth-order valence-corrected chi connectivity index (χ4v) is 4.43. The summed E-state index contributed by atoms with van der Waals surface area (Å²) in [5.41, 5.74) is 1.16. The molecule has 2 aromatic heterocycles. The maximum Gasteiger partial charge on any atom is 0.356 e. The number of aliphatic hydroxyl groups is 1. The largest absolute Gasteiger partial charge is 0.464 e. The average molecular weight is 475 g/mol. The van der Waals surface area contributed by atoms with E-state index in [9.17, 15) is 14.7 Å². The first kappa shape index (κ1) is 26.0. The molecule has 34 heavy (non-hydrogen) atoms. The third-order valence-electron chi connectivity index (χ3n) is 6.21. The van der Waals surface area contributed by atoms with Crippen molar-refractivity contribution in [3.63, 3.8) is 0 Å². The van der Waals surface area contributed by atoms with Crippen LogP contribution in [0.1, 0.15) is 70.8 Å². The van der Waals surface area contributed by atoms with Crippen molar-refractivity contribution in [2.45, 2.75) is 84.6 Å². The molecule has 0 saturated carbocycles. The smallest absolute Gasteiger partial charge is 0.356 e. The van der Waals surface area contributed by atoms with Crippen molar-refractivity contribution in [1.82, 2.24) is 9.55 Å². The fraction of sp³-hybridized carbons (Fsp3) is 0.640. The van der Waals surface area contributed by atoms with E-state index in [4.69, 9.17) is 9.47 Å². The van der Waals surface area contributed by atoms with E-state index in [1.165, 1.54) is 7.11 Å². The molecule has 1 saturated heterocycles. The molecule has 3 atom stereocenters. The molecule has 9 nitrogen and oxygen atoms in total. The van der Waals surface area contributed by atoms with E-state index in [2.05, 4.69) is 15.6 Å². The van der Waals surface area contributed by atoms with Crippen molar-refractivity contribution in [3.8, 4) is 0 Å². The normalized spacial score (nSPS) is 18.0. The minimum atomic E-state index is -0.817. The number of esters is 1. The van der Waals surface area contributed by atoms with Crippen molar-refractivity contribution in [2.24, 2.45) is 5.92 Å². The number of methoxy groups -OCH3 is 1. The van der Waals surface area contributed by atoms with Gasteiger partial charge in [0, 0.05) is 24.0 Å². The highest BCUT2D eigenvalue weighted by Gasteiger charge is 2.29. The number of amides is 1. The molecule has 0 aliphatic carbocycles. The molecule has 3 rings (SSSR count). The minimum absolute atomic E-state index is 0.0218. The van der Waals surface area contributed by atoms with Crippen molar-refractivity contribution in [3.05, 3.63) is 18.0 Å². The van der Waals surface area contributed by atoms with Crippen LogP contribution in [0.2, 0.25) is 0 Å². The Hall–Kier alpha value is -2.65. The lowest BCUT2D eigenvalue weighted by Crippen LogP contribution is -2.29. The van der Waals surface area contributed by atoms with Crippen LogP contribution in [0.5, 0.6) is 0 Å². The molecule has 2 aromatic rings. The van der Waals surface area contributed by atoms with Crippen LogP contribution in [0.4, 0.5) is 11.4 Å². The molecule has 0 radical (unpaired) electrons. The molecule has 0 bridgehead atoms. The van der Waals surface area contributed by atoms with Gasteiger partial charge in [-0.25, -0.2) is 9.78 Å². The van der Waals surface area contributed by atoms with Gasteiger partial charge in [-0.15, -0.1) is 0 Å². The van der Waals surface area contributed by atoms with Gasteiger partial charge in [0.1, 0.15) is 5.65 Å². The van der Waals surface area contributed by atoms with Crippen LogP contribution in [0.3, 0.4) is 0 Å². The number of nitrogens with zero attached hydrogens (tertiary/aromatic N) is 2. The van der Waals surface area contributed by atoms with Crippen LogP contribution in [-0.4, -0.2) is 58.0 Å². The number of ether oxygens (including phenoxy) is 2. The van der Waals surface area contributed by atoms with E-state index in [-0.39, 0.29) is 29.7 Å². The summed E-state index contributed by atoms with van der Waals surface area (Å²) in [5, 5.41) is 17.1. The zero-order chi connectivity index (χ0) is 25.0. The monoisotopic (exact) mass is 474 g/mol. The van der Waals surface area contributed by atoms with Crippen molar-refractivity contribution in [1.29, 1.82) is 0 Å². The summed E-state index contributed by atoms with van der Waals surface area (Å²) in [6.45, 7) is 10.4. The van der Waals surface area contributed by atoms with Gasteiger partial charge in [-0.2, -0.15) is 0 Å². The second-order valence-electron chi connectivity index (χ2n) is 9.92. The zero-order valence-corrected chi connectivity index (χ0v) is 21.1. The Morgan fingerprint density at radius 3 is 2.71 bits per heavy atom. The number of hydrogen-bond donors (Lipinski definition) is 3. The number of pyridine rings is 1. The van der Waals surface area contributed by atoms with Gasteiger partial charge in [-0.1, -0.05) is 13.8 Å². The summed E-state index contributed by atoms with van der Waals surface area (Å²) in [5.74, 6) is -0.930. The molecule has 0 unspecified atom stereocenters. The Morgan fingerprint density at radius 2 is 2.12 bits per heavy atom. The SMILES string of the molecule is CC[C@H](C)C(=O)Nc1c(C(=O)OC)n(C[C@@H]2CCCO2)c2ncc(N[C@H](C)CC(C)(C)O)cc12. The number of fused-ring (bicyclic) bond motifs is 1. The molecule has 188 valence electrons. The standard InChI is InChI=1S/C25H38N4O5/c1-7-15(2)23(30)28-20-19-11-17(27-16(3)12-25(4,5)32)13-26-22(19)29(21(20)24(31)33-6)14-18-9-8-10-34-18/h11,13,15-16,18,27,32H,7-10,12,14H2,1-6H3,(H,28,30)/t15-,16+,18-/m0/s1. The molecule has 1 aliphatic heterocycles. The first-order valence-corrected chi connectivity index (χ1v) is 12.1. The second-order valence-corrected chi connectivity index (χ2v) is 9.92. The van der Waals surface area contributed by atoms with Gasteiger partial charge >= 0.3 is 5.97 Å². The van der Waals surface area contributed by atoms with E-state index in [0.717, 1.165) is 18.5 Å². The molecule has 1 aliphatic rings. The van der Waals surface area contributed by atoms with Gasteiger partial charge in [0.25, 0.3) is 0 Å². The van der Waals surface area contributed by atoms with Crippen LogP contribution in [0, 0.1) is 5.92 Å². The zero-order valence-electron chi connectivity index (χ0n) is 21.1. The van der Waals surface area contributed by atoms with Gasteiger partial charge in [0.2, 0.25) is 5.91 Å². The third-order valence-corrected chi connectivity index (χ3v) is 6.21. The Morgan fingerprint density at radius 1 is 1.38 bits per heavy atom. The first-order valence-electron chi connectivity index (χ1n) is 12.1. The molecular weight excluding hydrogens is 436 g/mol. The number of anilines is 2. The molecular formula is C25H38N4O5. The number of rotatable bonds is 10. The number of hydrogen-bond acceptors (Lipinski definition) is 7. The Labute approximate surface area is 201 Å². The van der Waals surface area contributed by atoms with Gasteiger partial charge in [0.05, 0.1) is 42.9 Å². The molecule has 0 aromatic carbocycles. The van der Waals surface area contributed by atoms with Crippen molar-refractivity contribution >= 4 is 34.3 Å². The average Bonchev–Trinajstić information content (AvgIpc) is 3.38. The van der Waals surface area contributed by atoms with E-state index in [0.29, 0.717) is 42.7 Å². The highest BCUT2D eigenvalue weighted by Crippen LogP contribution is 2.34. The summed E-state index contributed by atoms with van der Waals surface area (Å²) in [7, 11) is 1.33. The predicted molar refractivity (Wildman–Crippen MR) is 132 cm³/mol. The van der Waals surface area contributed by atoms with Crippen LogP contribution in [-0.2, 0) is 20.8 Å². The maximum atomic E-state index is 12.9. The summed E-state index contributed by atoms with van der Waals surface area (Å²) >= 11 is 0. The van der Waals surface area contributed by atoms with Gasteiger partial charge in [-0.3, -0.25) is 4.79 Å². The number of carbonyl (C=O) groups is 2. The van der Waals surface area contributed by atoms with Crippen LogP contribution in [0.25, 0.3) is 11.0 Å². The summed E-state index contributed by atoms with van der Waals surface area (Å²) in [6, 6.07) is 1.86. The molecule has 1 fully saturated rings. The Kier molecular flexibility index (Phi) is 8.20. The topological polar surface area (TPSA) is 115 Å². The Balaban J connectivity index is 2.10. The highest BCUT2D eigenvalue weighted by atomic mass is 16.5. The van der Waals surface area contributed by atoms with E-state index in [1.54, 1.807) is 24.6 Å². The fourth-order valence-electron chi connectivity index (χ4n) is 4.43. The first-order chi connectivity index (χ1) is 16.0. The quantitative estimate of drug-likeness (QED) is 0.447. The van der Waals surface area contributed by atoms with E-state index in [1.807, 2.05) is 26.8 Å². The summed E-state index contributed by atoms with van der Waals surface area (Å²) in [4.78, 5) is 30.5. The van der Waals surface area contributed by atoms with Gasteiger partial charge in [0.15, 0.2) is 5.69 Å². The number of aromatic nitrogens is 2. The third kappa shape index (κ3) is 6.07.